The number of allylic oxidation sites excluding steroid dienone is 2. The highest BCUT2D eigenvalue weighted by molar-refractivity contribution is 7.80. The quantitative estimate of drug-likeness (QED) is 0.542. The number of benzene rings is 1. The second-order valence-electron chi connectivity index (χ2n) is 3.31. The molecule has 0 aromatic heterocycles. The highest BCUT2D eigenvalue weighted by atomic mass is 32.1. The van der Waals surface area contributed by atoms with E-state index < -0.39 is 0 Å². The largest absolute Gasteiger partial charge is 0.179 e. The normalized spacial score (nSPS) is 11.7. The van der Waals surface area contributed by atoms with E-state index in [-0.39, 0.29) is 0 Å². The summed E-state index contributed by atoms with van der Waals surface area (Å²) in [5, 5.41) is 0. The van der Waals surface area contributed by atoms with Crippen molar-refractivity contribution in [3.05, 3.63) is 42.0 Å². The zero-order valence-corrected chi connectivity index (χ0v) is 9.63. The van der Waals surface area contributed by atoms with Gasteiger partial charge in [0.25, 0.3) is 0 Å². The maximum Gasteiger partial charge on any atom is -0.00950 e. The van der Waals surface area contributed by atoms with Crippen LogP contribution in [-0.2, 0) is 0 Å². The molecule has 1 aromatic carbocycles. The summed E-state index contributed by atoms with van der Waals surface area (Å²) in [4.78, 5) is 0. The number of thiol groups is 1. The SMILES string of the molecule is CC/C(=C/CCCS)c1ccccc1. The van der Waals surface area contributed by atoms with Crippen LogP contribution in [0.3, 0.4) is 0 Å². The lowest BCUT2D eigenvalue weighted by Gasteiger charge is -2.04. The molecule has 0 fully saturated rings. The first kappa shape index (κ1) is 11.4. The monoisotopic (exact) mass is 206 g/mol. The molecule has 1 aromatic rings. The van der Waals surface area contributed by atoms with Crippen LogP contribution in [0.4, 0.5) is 0 Å². The molecule has 1 heteroatoms. The van der Waals surface area contributed by atoms with Crippen LogP contribution in [0.25, 0.3) is 5.57 Å². The second kappa shape index (κ2) is 6.72. The van der Waals surface area contributed by atoms with Crippen molar-refractivity contribution >= 4 is 18.2 Å². The van der Waals surface area contributed by atoms with Crippen LogP contribution in [-0.4, -0.2) is 5.75 Å². The van der Waals surface area contributed by atoms with Crippen molar-refractivity contribution in [3.8, 4) is 0 Å². The molecule has 0 amide bonds. The first-order chi connectivity index (χ1) is 6.88. The molecule has 0 aliphatic heterocycles. The van der Waals surface area contributed by atoms with Gasteiger partial charge in [-0.25, -0.2) is 0 Å². The van der Waals surface area contributed by atoms with Gasteiger partial charge in [0.15, 0.2) is 0 Å². The number of hydrogen-bond acceptors (Lipinski definition) is 1. The van der Waals surface area contributed by atoms with E-state index in [1.165, 1.54) is 17.6 Å². The summed E-state index contributed by atoms with van der Waals surface area (Å²) < 4.78 is 0. The Morgan fingerprint density at radius 3 is 2.57 bits per heavy atom. The lowest BCUT2D eigenvalue weighted by Crippen LogP contribution is -1.83. The Kier molecular flexibility index (Phi) is 5.46. The fraction of sp³-hybridized carbons (Fsp3) is 0.385. The van der Waals surface area contributed by atoms with Crippen LogP contribution in [0.5, 0.6) is 0 Å². The molecule has 0 saturated carbocycles. The maximum atomic E-state index is 4.21. The van der Waals surface area contributed by atoms with E-state index in [0.717, 1.165) is 18.6 Å². The van der Waals surface area contributed by atoms with Gasteiger partial charge >= 0.3 is 0 Å². The molecule has 0 spiro atoms. The van der Waals surface area contributed by atoms with E-state index in [9.17, 15) is 0 Å². The first-order valence-corrected chi connectivity index (χ1v) is 5.87. The number of unbranched alkanes of at least 4 members (excludes halogenated alkanes) is 1. The molecular formula is C13H18S. The van der Waals surface area contributed by atoms with Gasteiger partial charge in [-0.1, -0.05) is 43.3 Å². The molecule has 14 heavy (non-hydrogen) atoms. The van der Waals surface area contributed by atoms with Gasteiger partial charge in [0.1, 0.15) is 0 Å². The van der Waals surface area contributed by atoms with Crippen molar-refractivity contribution in [3.63, 3.8) is 0 Å². The van der Waals surface area contributed by atoms with Crippen molar-refractivity contribution in [1.82, 2.24) is 0 Å². The Bertz CT molecular complexity index is 275. The van der Waals surface area contributed by atoms with Crippen molar-refractivity contribution in [1.29, 1.82) is 0 Å². The van der Waals surface area contributed by atoms with Crippen molar-refractivity contribution in [2.24, 2.45) is 0 Å². The summed E-state index contributed by atoms with van der Waals surface area (Å²) in [5.41, 5.74) is 2.81. The molecule has 0 atom stereocenters. The van der Waals surface area contributed by atoms with Crippen LogP contribution in [0.2, 0.25) is 0 Å². The Balaban J connectivity index is 2.67. The minimum atomic E-state index is 0.974. The van der Waals surface area contributed by atoms with Crippen LogP contribution in [0.1, 0.15) is 31.7 Å². The van der Waals surface area contributed by atoms with Gasteiger partial charge in [-0.05, 0) is 36.2 Å². The van der Waals surface area contributed by atoms with Crippen LogP contribution >= 0.6 is 12.6 Å². The van der Waals surface area contributed by atoms with E-state index >= 15 is 0 Å². The van der Waals surface area contributed by atoms with Gasteiger partial charge in [-0.15, -0.1) is 0 Å². The molecule has 1 rings (SSSR count). The number of rotatable bonds is 5. The first-order valence-electron chi connectivity index (χ1n) is 5.23. The highest BCUT2D eigenvalue weighted by Crippen LogP contribution is 2.18. The zero-order valence-electron chi connectivity index (χ0n) is 8.74. The molecule has 0 aliphatic rings. The van der Waals surface area contributed by atoms with Crippen LogP contribution < -0.4 is 0 Å². The van der Waals surface area contributed by atoms with Gasteiger partial charge in [-0.2, -0.15) is 12.6 Å². The lowest BCUT2D eigenvalue weighted by atomic mass is 10.0. The Hall–Kier alpha value is -0.690. The van der Waals surface area contributed by atoms with Gasteiger partial charge < -0.3 is 0 Å². The number of hydrogen-bond donors (Lipinski definition) is 1. The van der Waals surface area contributed by atoms with Crippen LogP contribution in [0, 0.1) is 0 Å². The Labute approximate surface area is 92.5 Å². The summed E-state index contributed by atoms with van der Waals surface area (Å²) in [6, 6.07) is 10.6. The lowest BCUT2D eigenvalue weighted by molar-refractivity contribution is 0.971. The highest BCUT2D eigenvalue weighted by Gasteiger charge is 1.96. The van der Waals surface area contributed by atoms with Gasteiger partial charge in [0, 0.05) is 0 Å². The second-order valence-corrected chi connectivity index (χ2v) is 3.76. The molecule has 0 unspecified atom stereocenters. The summed E-state index contributed by atoms with van der Waals surface area (Å²) >= 11 is 4.21. The van der Waals surface area contributed by atoms with Crippen molar-refractivity contribution < 1.29 is 0 Å². The maximum absolute atomic E-state index is 4.21. The summed E-state index contributed by atoms with van der Waals surface area (Å²) in [6.45, 7) is 2.21. The van der Waals surface area contributed by atoms with Crippen molar-refractivity contribution in [2.75, 3.05) is 5.75 Å². The molecular weight excluding hydrogens is 188 g/mol. The van der Waals surface area contributed by atoms with Crippen molar-refractivity contribution in [2.45, 2.75) is 26.2 Å². The minimum Gasteiger partial charge on any atom is -0.179 e. The molecule has 0 heterocycles. The third-order valence-corrected chi connectivity index (χ3v) is 2.59. The van der Waals surface area contributed by atoms with E-state index in [1.807, 2.05) is 0 Å². The van der Waals surface area contributed by atoms with Crippen LogP contribution in [0.15, 0.2) is 36.4 Å². The average Bonchev–Trinajstić information content (AvgIpc) is 2.26. The minimum absolute atomic E-state index is 0.974. The van der Waals surface area contributed by atoms with E-state index in [1.54, 1.807) is 0 Å². The molecule has 0 N–H and O–H groups in total. The summed E-state index contributed by atoms with van der Waals surface area (Å²) in [7, 11) is 0. The predicted octanol–water partition coefficient (Wildman–Crippen LogP) is 4.19. The van der Waals surface area contributed by atoms with Gasteiger partial charge in [0.05, 0.1) is 0 Å². The Morgan fingerprint density at radius 2 is 2.00 bits per heavy atom. The molecule has 76 valence electrons. The third kappa shape index (κ3) is 3.59. The average molecular weight is 206 g/mol. The van der Waals surface area contributed by atoms with Gasteiger partial charge in [0.2, 0.25) is 0 Å². The molecule has 0 saturated heterocycles. The molecule has 0 aliphatic carbocycles. The zero-order chi connectivity index (χ0) is 10.2. The van der Waals surface area contributed by atoms with E-state index in [2.05, 4.69) is 56.0 Å². The summed E-state index contributed by atoms with van der Waals surface area (Å²) in [5.74, 6) is 0.974. The predicted molar refractivity (Wildman–Crippen MR) is 67.8 cm³/mol. The fourth-order valence-electron chi connectivity index (χ4n) is 1.49. The smallest absolute Gasteiger partial charge is 0.00950 e. The standard InChI is InChI=1S/C13H18S/c1-2-12(8-6-7-11-14)13-9-4-3-5-10-13/h3-5,8-10,14H,2,6-7,11H2,1H3/b12-8-. The molecule has 0 radical (unpaired) electrons. The van der Waals surface area contributed by atoms with Gasteiger partial charge in [-0.3, -0.25) is 0 Å². The fourth-order valence-corrected chi connectivity index (χ4v) is 1.67. The topological polar surface area (TPSA) is 0 Å². The molecule has 0 bridgehead atoms. The Morgan fingerprint density at radius 1 is 1.29 bits per heavy atom. The molecule has 0 nitrogen and oxygen atoms in total. The summed E-state index contributed by atoms with van der Waals surface area (Å²) in [6.07, 6.45) is 5.75. The van der Waals surface area contributed by atoms with E-state index in [4.69, 9.17) is 0 Å². The van der Waals surface area contributed by atoms with E-state index in [0.29, 0.717) is 0 Å². The third-order valence-electron chi connectivity index (χ3n) is 2.28.